The Morgan fingerprint density at radius 1 is 0.833 bits per heavy atom. The van der Waals surface area contributed by atoms with Crippen LogP contribution in [-0.2, 0) is 14.3 Å². The van der Waals surface area contributed by atoms with Gasteiger partial charge in [0.1, 0.15) is 18.0 Å². The summed E-state index contributed by atoms with van der Waals surface area (Å²) in [4.78, 5) is 48.2. The minimum atomic E-state index is -0.801. The summed E-state index contributed by atoms with van der Waals surface area (Å²) in [7, 11) is 0. The number of nitrogens with one attached hydrogen (secondary N) is 1. The van der Waals surface area contributed by atoms with Crippen molar-refractivity contribution >= 4 is 46.8 Å². The Balaban J connectivity index is 1.38. The molecular weight excluding hydrogens is 509 g/mol. The predicted molar refractivity (Wildman–Crippen MR) is 133 cm³/mol. The van der Waals surface area contributed by atoms with E-state index >= 15 is 0 Å². The van der Waals surface area contributed by atoms with Gasteiger partial charge >= 0.3 is 11.9 Å². The third kappa shape index (κ3) is 8.11. The van der Waals surface area contributed by atoms with E-state index in [-0.39, 0.29) is 28.7 Å². The van der Waals surface area contributed by atoms with Crippen LogP contribution in [0.1, 0.15) is 26.3 Å². The number of halogens is 2. The summed E-state index contributed by atoms with van der Waals surface area (Å²) in [6, 6.07) is 17.3. The molecule has 3 aromatic rings. The lowest BCUT2D eigenvalue weighted by Crippen LogP contribution is -2.34. The van der Waals surface area contributed by atoms with Crippen molar-refractivity contribution in [1.29, 1.82) is 0 Å². The average molecular weight is 530 g/mol. The van der Waals surface area contributed by atoms with Gasteiger partial charge in [-0.05, 0) is 61.5 Å². The van der Waals surface area contributed by atoms with Gasteiger partial charge in [0.05, 0.1) is 10.6 Å². The molecule has 10 heteroatoms. The van der Waals surface area contributed by atoms with Gasteiger partial charge in [0.2, 0.25) is 0 Å². The second-order valence-electron chi connectivity index (χ2n) is 7.50. The standard InChI is InChI=1S/C26H21Cl2NO7/c1-16-2-4-18(5-3-16)26(33)36-20-9-6-17(7-10-20)22(30)14-35-25(32)13-29-24(31)15-34-23-11-8-19(27)12-21(23)28/h2-12H,13-15H2,1H3,(H,29,31). The molecule has 1 N–H and O–H groups in total. The van der Waals surface area contributed by atoms with Crippen molar-refractivity contribution < 1.29 is 33.4 Å². The molecule has 0 spiro atoms. The second kappa shape index (κ2) is 12.7. The van der Waals surface area contributed by atoms with Crippen LogP contribution in [-0.4, -0.2) is 43.4 Å². The highest BCUT2D eigenvalue weighted by molar-refractivity contribution is 6.35. The number of hydrogen-bond donors (Lipinski definition) is 1. The van der Waals surface area contributed by atoms with Crippen molar-refractivity contribution in [3.8, 4) is 11.5 Å². The number of esters is 2. The van der Waals surface area contributed by atoms with Gasteiger partial charge in [0, 0.05) is 10.6 Å². The number of ketones is 1. The maximum atomic E-state index is 12.3. The van der Waals surface area contributed by atoms with Crippen LogP contribution in [0.5, 0.6) is 11.5 Å². The molecule has 0 saturated carbocycles. The number of carbonyl (C=O) groups is 4. The van der Waals surface area contributed by atoms with Crippen molar-refractivity contribution in [2.45, 2.75) is 6.92 Å². The topological polar surface area (TPSA) is 108 Å². The molecule has 0 heterocycles. The molecule has 1 amide bonds. The first-order valence-corrected chi connectivity index (χ1v) is 11.4. The van der Waals surface area contributed by atoms with E-state index < -0.39 is 36.8 Å². The number of aryl methyl sites for hydroxylation is 1. The van der Waals surface area contributed by atoms with Crippen LogP contribution < -0.4 is 14.8 Å². The minimum absolute atomic E-state index is 0.241. The number of Topliss-reactive ketones (excluding diaryl/α,β-unsaturated/α-hetero) is 1. The fourth-order valence-corrected chi connectivity index (χ4v) is 3.27. The third-order valence-corrected chi connectivity index (χ3v) is 5.25. The van der Waals surface area contributed by atoms with E-state index in [1.165, 1.54) is 36.4 Å². The van der Waals surface area contributed by atoms with Crippen LogP contribution in [0, 0.1) is 6.92 Å². The molecular formula is C26H21Cl2NO7. The van der Waals surface area contributed by atoms with Gasteiger partial charge in [0.25, 0.3) is 5.91 Å². The summed E-state index contributed by atoms with van der Waals surface area (Å²) in [6.45, 7) is 0.564. The van der Waals surface area contributed by atoms with Crippen molar-refractivity contribution in [1.82, 2.24) is 5.32 Å². The van der Waals surface area contributed by atoms with Crippen LogP contribution in [0.2, 0.25) is 10.0 Å². The molecule has 36 heavy (non-hydrogen) atoms. The van der Waals surface area contributed by atoms with E-state index in [1.807, 2.05) is 6.92 Å². The SMILES string of the molecule is Cc1ccc(C(=O)Oc2ccc(C(=O)COC(=O)CNC(=O)COc3ccc(Cl)cc3Cl)cc2)cc1. The molecule has 8 nitrogen and oxygen atoms in total. The fourth-order valence-electron chi connectivity index (χ4n) is 2.80. The van der Waals surface area contributed by atoms with Gasteiger partial charge < -0.3 is 19.5 Å². The molecule has 186 valence electrons. The Hall–Kier alpha value is -3.88. The van der Waals surface area contributed by atoms with Crippen LogP contribution >= 0.6 is 23.2 Å². The van der Waals surface area contributed by atoms with Gasteiger partial charge in [0.15, 0.2) is 19.0 Å². The molecule has 0 saturated heterocycles. The van der Waals surface area contributed by atoms with E-state index in [0.717, 1.165) is 5.56 Å². The highest BCUT2D eigenvalue weighted by Crippen LogP contribution is 2.27. The number of ether oxygens (including phenoxy) is 3. The molecule has 0 unspecified atom stereocenters. The van der Waals surface area contributed by atoms with Gasteiger partial charge in [-0.25, -0.2) is 4.79 Å². The van der Waals surface area contributed by atoms with E-state index in [4.69, 9.17) is 37.4 Å². The lowest BCUT2D eigenvalue weighted by Gasteiger charge is -2.09. The summed E-state index contributed by atoms with van der Waals surface area (Å²) in [5.74, 6) is -1.84. The summed E-state index contributed by atoms with van der Waals surface area (Å²) in [5, 5.41) is 2.99. The van der Waals surface area contributed by atoms with E-state index in [9.17, 15) is 19.2 Å². The molecule has 3 rings (SSSR count). The van der Waals surface area contributed by atoms with Crippen molar-refractivity contribution in [2.24, 2.45) is 0 Å². The molecule has 0 aliphatic heterocycles. The first-order valence-electron chi connectivity index (χ1n) is 10.6. The zero-order valence-electron chi connectivity index (χ0n) is 19.1. The summed E-state index contributed by atoms with van der Waals surface area (Å²) >= 11 is 11.7. The van der Waals surface area contributed by atoms with Crippen molar-refractivity contribution in [3.63, 3.8) is 0 Å². The molecule has 0 bridgehead atoms. The Kier molecular flexibility index (Phi) is 9.44. The first kappa shape index (κ1) is 26.7. The Morgan fingerprint density at radius 2 is 1.50 bits per heavy atom. The summed E-state index contributed by atoms with van der Waals surface area (Å²) in [6.07, 6.45) is 0. The van der Waals surface area contributed by atoms with Gasteiger partial charge in [-0.1, -0.05) is 40.9 Å². The molecule has 0 atom stereocenters. The molecule has 0 aromatic heterocycles. The molecule has 0 aliphatic carbocycles. The lowest BCUT2D eigenvalue weighted by molar-refractivity contribution is -0.143. The first-order chi connectivity index (χ1) is 17.2. The van der Waals surface area contributed by atoms with E-state index in [1.54, 1.807) is 30.3 Å². The highest BCUT2D eigenvalue weighted by Gasteiger charge is 2.13. The fraction of sp³-hybridized carbons (Fsp3) is 0.154. The summed E-state index contributed by atoms with van der Waals surface area (Å²) in [5.41, 5.74) is 1.68. The third-order valence-electron chi connectivity index (χ3n) is 4.72. The zero-order valence-corrected chi connectivity index (χ0v) is 20.6. The lowest BCUT2D eigenvalue weighted by atomic mass is 10.1. The highest BCUT2D eigenvalue weighted by atomic mass is 35.5. The van der Waals surface area contributed by atoms with Gasteiger partial charge in [-0.2, -0.15) is 0 Å². The van der Waals surface area contributed by atoms with Gasteiger partial charge in [-0.15, -0.1) is 0 Å². The smallest absolute Gasteiger partial charge is 0.343 e. The molecule has 0 aliphatic rings. The monoisotopic (exact) mass is 529 g/mol. The summed E-state index contributed by atoms with van der Waals surface area (Å²) < 4.78 is 15.5. The maximum absolute atomic E-state index is 12.3. The van der Waals surface area contributed by atoms with Crippen LogP contribution in [0.3, 0.4) is 0 Å². The number of rotatable bonds is 10. The van der Waals surface area contributed by atoms with E-state index in [0.29, 0.717) is 10.6 Å². The number of amides is 1. The molecule has 0 radical (unpaired) electrons. The van der Waals surface area contributed by atoms with Crippen LogP contribution in [0.4, 0.5) is 0 Å². The maximum Gasteiger partial charge on any atom is 0.343 e. The average Bonchev–Trinajstić information content (AvgIpc) is 2.86. The Morgan fingerprint density at radius 3 is 2.17 bits per heavy atom. The Labute approximate surface area is 217 Å². The molecule has 3 aromatic carbocycles. The van der Waals surface area contributed by atoms with Gasteiger partial charge in [-0.3, -0.25) is 14.4 Å². The minimum Gasteiger partial charge on any atom is -0.482 e. The Bertz CT molecular complexity index is 1260. The quantitative estimate of drug-likeness (QED) is 0.235. The number of hydrogen-bond acceptors (Lipinski definition) is 7. The van der Waals surface area contributed by atoms with Crippen LogP contribution in [0.15, 0.2) is 66.7 Å². The molecule has 0 fully saturated rings. The predicted octanol–water partition coefficient (Wildman–Crippen LogP) is 4.44. The largest absolute Gasteiger partial charge is 0.482 e. The number of carbonyl (C=O) groups excluding carboxylic acids is 4. The van der Waals surface area contributed by atoms with E-state index in [2.05, 4.69) is 5.32 Å². The van der Waals surface area contributed by atoms with Crippen molar-refractivity contribution in [2.75, 3.05) is 19.8 Å². The van der Waals surface area contributed by atoms with Crippen molar-refractivity contribution in [3.05, 3.63) is 93.5 Å². The second-order valence-corrected chi connectivity index (χ2v) is 8.35. The normalized spacial score (nSPS) is 10.3. The van der Waals surface area contributed by atoms with Crippen LogP contribution in [0.25, 0.3) is 0 Å². The number of benzene rings is 3. The zero-order chi connectivity index (χ0) is 26.1.